The van der Waals surface area contributed by atoms with Crippen LogP contribution < -0.4 is 5.73 Å². The van der Waals surface area contributed by atoms with Crippen LogP contribution in [0.15, 0.2) is 17.5 Å². The molecule has 1 aromatic heterocycles. The van der Waals surface area contributed by atoms with Crippen molar-refractivity contribution in [2.45, 2.75) is 45.2 Å². The fourth-order valence-electron chi connectivity index (χ4n) is 3.51. The Morgan fingerprint density at radius 3 is 2.89 bits per heavy atom. The van der Waals surface area contributed by atoms with Gasteiger partial charge in [-0.1, -0.05) is 32.8 Å². The summed E-state index contributed by atoms with van der Waals surface area (Å²) in [5.74, 6) is 1.47. The summed E-state index contributed by atoms with van der Waals surface area (Å²) < 4.78 is 0. The van der Waals surface area contributed by atoms with Crippen LogP contribution >= 0.6 is 11.3 Å². The minimum Gasteiger partial charge on any atom is -0.329 e. The lowest BCUT2D eigenvalue weighted by atomic mass is 9.67. The van der Waals surface area contributed by atoms with Crippen LogP contribution in [-0.2, 0) is 6.54 Å². The van der Waals surface area contributed by atoms with E-state index in [1.807, 2.05) is 11.3 Å². The fourth-order valence-corrected chi connectivity index (χ4v) is 4.27. The van der Waals surface area contributed by atoms with E-state index in [4.69, 9.17) is 5.73 Å². The summed E-state index contributed by atoms with van der Waals surface area (Å²) >= 11 is 1.84. The molecule has 2 nitrogen and oxygen atoms in total. The van der Waals surface area contributed by atoms with Gasteiger partial charge in [0.2, 0.25) is 0 Å². The van der Waals surface area contributed by atoms with Gasteiger partial charge in [0.15, 0.2) is 0 Å². The summed E-state index contributed by atoms with van der Waals surface area (Å²) in [5.41, 5.74) is 6.38. The van der Waals surface area contributed by atoms with Crippen LogP contribution in [0.1, 0.15) is 38.0 Å². The van der Waals surface area contributed by atoms with Crippen molar-refractivity contribution in [1.29, 1.82) is 0 Å². The molecule has 1 aromatic rings. The molecule has 1 fully saturated rings. The normalized spacial score (nSPS) is 32.9. The van der Waals surface area contributed by atoms with E-state index in [0.717, 1.165) is 19.0 Å². The molecule has 0 spiro atoms. The number of hydrogen-bond donors (Lipinski definition) is 1. The van der Waals surface area contributed by atoms with Crippen LogP contribution in [0.4, 0.5) is 0 Å². The number of nitrogens with two attached hydrogens (primary N) is 1. The highest BCUT2D eigenvalue weighted by Crippen LogP contribution is 2.41. The van der Waals surface area contributed by atoms with Gasteiger partial charge >= 0.3 is 0 Å². The number of rotatable bonds is 4. The second kappa shape index (κ2) is 5.72. The molecule has 0 amide bonds. The van der Waals surface area contributed by atoms with Gasteiger partial charge in [0.05, 0.1) is 0 Å². The van der Waals surface area contributed by atoms with E-state index in [1.165, 1.54) is 24.1 Å². The zero-order valence-electron chi connectivity index (χ0n) is 11.9. The van der Waals surface area contributed by atoms with Crippen molar-refractivity contribution >= 4 is 11.3 Å². The molecule has 3 heteroatoms. The molecule has 3 atom stereocenters. The molecule has 0 saturated heterocycles. The van der Waals surface area contributed by atoms with Gasteiger partial charge in [0, 0.05) is 23.5 Å². The van der Waals surface area contributed by atoms with E-state index in [-0.39, 0.29) is 5.54 Å². The molecular formula is C15H26N2S. The van der Waals surface area contributed by atoms with Crippen molar-refractivity contribution in [3.8, 4) is 0 Å². The first-order valence-electron chi connectivity index (χ1n) is 7.04. The predicted octanol–water partition coefficient (Wildman–Crippen LogP) is 3.33. The van der Waals surface area contributed by atoms with E-state index in [2.05, 4.69) is 43.3 Å². The fraction of sp³-hybridized carbons (Fsp3) is 0.733. The summed E-state index contributed by atoms with van der Waals surface area (Å²) in [6.07, 6.45) is 3.92. The van der Waals surface area contributed by atoms with E-state index in [1.54, 1.807) is 0 Å². The highest BCUT2D eigenvalue weighted by atomic mass is 32.1. The molecule has 1 heterocycles. The third-order valence-electron chi connectivity index (χ3n) is 5.06. The molecular weight excluding hydrogens is 240 g/mol. The summed E-state index contributed by atoms with van der Waals surface area (Å²) in [7, 11) is 2.25. The zero-order chi connectivity index (χ0) is 13.2. The predicted molar refractivity (Wildman–Crippen MR) is 79.8 cm³/mol. The van der Waals surface area contributed by atoms with Gasteiger partial charge in [-0.2, -0.15) is 0 Å². The molecule has 2 N–H and O–H groups in total. The van der Waals surface area contributed by atoms with Gasteiger partial charge in [-0.05, 0) is 36.8 Å². The molecule has 0 aromatic carbocycles. The molecule has 2 rings (SSSR count). The maximum atomic E-state index is 6.18. The smallest absolute Gasteiger partial charge is 0.0360 e. The summed E-state index contributed by atoms with van der Waals surface area (Å²) in [6.45, 7) is 6.58. The molecule has 18 heavy (non-hydrogen) atoms. The average Bonchev–Trinajstić information content (AvgIpc) is 2.85. The maximum Gasteiger partial charge on any atom is 0.0360 e. The van der Waals surface area contributed by atoms with Gasteiger partial charge in [-0.15, -0.1) is 11.3 Å². The molecule has 1 aliphatic rings. The van der Waals surface area contributed by atoms with Crippen LogP contribution in [0, 0.1) is 11.8 Å². The highest BCUT2D eigenvalue weighted by Gasteiger charge is 2.43. The van der Waals surface area contributed by atoms with Crippen molar-refractivity contribution in [2.75, 3.05) is 13.6 Å². The summed E-state index contributed by atoms with van der Waals surface area (Å²) in [4.78, 5) is 3.95. The van der Waals surface area contributed by atoms with Crippen LogP contribution in [0.2, 0.25) is 0 Å². The largest absolute Gasteiger partial charge is 0.329 e. The van der Waals surface area contributed by atoms with E-state index >= 15 is 0 Å². The SMILES string of the molecule is CC1CCCC(CN)(N(C)Cc2cccs2)C1C. The Bertz CT molecular complexity index is 363. The Labute approximate surface area is 115 Å². The van der Waals surface area contributed by atoms with Crippen molar-refractivity contribution < 1.29 is 0 Å². The lowest BCUT2D eigenvalue weighted by Crippen LogP contribution is -2.59. The van der Waals surface area contributed by atoms with Crippen LogP contribution in [-0.4, -0.2) is 24.0 Å². The standard InChI is InChI=1S/C15H26N2S/c1-12-6-4-8-15(11-16,13(12)2)17(3)10-14-7-5-9-18-14/h5,7,9,12-13H,4,6,8,10-11,16H2,1-3H3. The third-order valence-corrected chi connectivity index (χ3v) is 5.92. The Balaban J connectivity index is 2.15. The Morgan fingerprint density at radius 1 is 1.50 bits per heavy atom. The summed E-state index contributed by atoms with van der Waals surface area (Å²) in [6, 6.07) is 4.36. The molecule has 3 unspecified atom stereocenters. The lowest BCUT2D eigenvalue weighted by molar-refractivity contribution is 0.00195. The van der Waals surface area contributed by atoms with Crippen molar-refractivity contribution in [2.24, 2.45) is 17.6 Å². The van der Waals surface area contributed by atoms with Gasteiger partial charge in [0.25, 0.3) is 0 Å². The molecule has 0 radical (unpaired) electrons. The van der Waals surface area contributed by atoms with Crippen LogP contribution in [0.5, 0.6) is 0 Å². The maximum absolute atomic E-state index is 6.18. The topological polar surface area (TPSA) is 29.3 Å². The van der Waals surface area contributed by atoms with Crippen LogP contribution in [0.3, 0.4) is 0 Å². The monoisotopic (exact) mass is 266 g/mol. The lowest BCUT2D eigenvalue weighted by Gasteiger charge is -2.51. The average molecular weight is 266 g/mol. The number of thiophene rings is 1. The first-order valence-corrected chi connectivity index (χ1v) is 7.92. The number of nitrogens with zero attached hydrogens (tertiary/aromatic N) is 1. The van der Waals surface area contributed by atoms with Gasteiger partial charge in [-0.25, -0.2) is 0 Å². The first-order chi connectivity index (χ1) is 8.60. The Kier molecular flexibility index (Phi) is 4.46. The quantitative estimate of drug-likeness (QED) is 0.905. The van der Waals surface area contributed by atoms with Gasteiger partial charge in [0.1, 0.15) is 0 Å². The second-order valence-electron chi connectivity index (χ2n) is 5.90. The molecule has 1 aliphatic carbocycles. The Morgan fingerprint density at radius 2 is 2.28 bits per heavy atom. The van der Waals surface area contributed by atoms with E-state index in [9.17, 15) is 0 Å². The second-order valence-corrected chi connectivity index (χ2v) is 6.93. The van der Waals surface area contributed by atoms with Crippen molar-refractivity contribution in [1.82, 2.24) is 4.90 Å². The summed E-state index contributed by atoms with van der Waals surface area (Å²) in [5, 5.41) is 2.16. The third kappa shape index (κ3) is 2.49. The highest BCUT2D eigenvalue weighted by molar-refractivity contribution is 7.09. The van der Waals surface area contributed by atoms with Crippen molar-refractivity contribution in [3.05, 3.63) is 22.4 Å². The Hall–Kier alpha value is -0.380. The minimum atomic E-state index is 0.196. The molecule has 102 valence electrons. The van der Waals surface area contributed by atoms with Gasteiger partial charge in [-0.3, -0.25) is 4.90 Å². The molecule has 0 aliphatic heterocycles. The first kappa shape index (κ1) is 14.0. The van der Waals surface area contributed by atoms with Gasteiger partial charge < -0.3 is 5.73 Å². The minimum absolute atomic E-state index is 0.196. The van der Waals surface area contributed by atoms with E-state index in [0.29, 0.717) is 5.92 Å². The molecule has 1 saturated carbocycles. The van der Waals surface area contributed by atoms with Crippen LogP contribution in [0.25, 0.3) is 0 Å². The van der Waals surface area contributed by atoms with Crippen molar-refractivity contribution in [3.63, 3.8) is 0 Å². The number of hydrogen-bond acceptors (Lipinski definition) is 3. The zero-order valence-corrected chi connectivity index (χ0v) is 12.7. The molecule has 0 bridgehead atoms. The van der Waals surface area contributed by atoms with E-state index < -0.39 is 0 Å². The number of likely N-dealkylation sites (N-methyl/N-ethyl adjacent to an activating group) is 1.